The van der Waals surface area contributed by atoms with Crippen LogP contribution in [0.1, 0.15) is 31.7 Å². The third-order valence-corrected chi connectivity index (χ3v) is 3.08. The normalized spacial score (nSPS) is 10.8. The zero-order valence-corrected chi connectivity index (χ0v) is 17.1. The maximum absolute atomic E-state index is 10.6. The summed E-state index contributed by atoms with van der Waals surface area (Å²) in [6, 6.07) is 7.18. The average Bonchev–Trinajstić information content (AvgIpc) is 2.36. The number of carbonyl (C=O) groups is 2. The summed E-state index contributed by atoms with van der Waals surface area (Å²) >= 11 is 0. The molecule has 0 fully saturated rings. The minimum Gasteiger partial charge on any atom is -0.548 e. The van der Waals surface area contributed by atoms with Crippen LogP contribution >= 0.6 is 0 Å². The zero-order chi connectivity index (χ0) is 14.4. The maximum atomic E-state index is 10.6. The summed E-state index contributed by atoms with van der Waals surface area (Å²) in [5.41, 5.74) is 1.66. The van der Waals surface area contributed by atoms with Crippen molar-refractivity contribution in [2.24, 2.45) is 0 Å². The predicted molar refractivity (Wildman–Crippen MR) is 67.4 cm³/mol. The van der Waals surface area contributed by atoms with Gasteiger partial charge in [-0.1, -0.05) is 26.0 Å². The van der Waals surface area contributed by atoms with Crippen molar-refractivity contribution >= 4 is 17.6 Å². The maximum Gasteiger partial charge on any atom is 1.00 e. The van der Waals surface area contributed by atoms with Gasteiger partial charge in [-0.3, -0.25) is 0 Å². The molecule has 1 aromatic rings. The second-order valence-corrected chi connectivity index (χ2v) is 4.50. The van der Waals surface area contributed by atoms with Gasteiger partial charge in [0.25, 0.3) is 0 Å². The number of carboxylic acids is 2. The van der Waals surface area contributed by atoms with Gasteiger partial charge in [0.1, 0.15) is 0 Å². The number of benzene rings is 1. The summed E-state index contributed by atoms with van der Waals surface area (Å²) in [7, 11) is 0. The van der Waals surface area contributed by atoms with Crippen LogP contribution in [0.2, 0.25) is 0 Å². The van der Waals surface area contributed by atoms with Crippen molar-refractivity contribution in [3.8, 4) is 0 Å². The summed E-state index contributed by atoms with van der Waals surface area (Å²) in [6.07, 6.45) is 1.00. The first-order chi connectivity index (χ1) is 8.93. The number of hydrogen-bond donors (Lipinski definition) is 0. The molecule has 0 saturated heterocycles. The van der Waals surface area contributed by atoms with Crippen LogP contribution in [0.15, 0.2) is 24.3 Å². The monoisotopic (exact) mass is 309 g/mol. The molecule has 0 saturated carbocycles. The molecule has 0 radical (unpaired) electrons. The molecule has 5 nitrogen and oxygen atoms in total. The molecule has 0 aromatic heterocycles. The average molecular weight is 309 g/mol. The molecular weight excluding hydrogens is 292 g/mol. The van der Waals surface area contributed by atoms with E-state index in [9.17, 15) is 19.8 Å². The quantitative estimate of drug-likeness (QED) is 0.468. The van der Waals surface area contributed by atoms with Gasteiger partial charge in [-0.05, 0) is 30.0 Å². The van der Waals surface area contributed by atoms with E-state index in [0.717, 1.165) is 12.0 Å². The van der Waals surface area contributed by atoms with Crippen molar-refractivity contribution in [2.45, 2.75) is 26.2 Å². The van der Waals surface area contributed by atoms with Crippen molar-refractivity contribution in [1.82, 2.24) is 0 Å². The number of carbonyl (C=O) groups excluding carboxylic acids is 2. The third kappa shape index (κ3) is 8.24. The van der Waals surface area contributed by atoms with Crippen molar-refractivity contribution in [3.05, 3.63) is 29.8 Å². The van der Waals surface area contributed by atoms with Crippen molar-refractivity contribution in [2.75, 3.05) is 18.0 Å². The first kappa shape index (κ1) is 23.2. The SMILES string of the molecule is CCC(C)c1ccc(N(CC(=O)[O-])CC(=O)[O-])cc1.[Na+].[Na+]. The van der Waals surface area contributed by atoms with E-state index in [2.05, 4.69) is 13.8 Å². The van der Waals surface area contributed by atoms with E-state index in [0.29, 0.717) is 11.6 Å². The standard InChI is InChI=1S/C14H19NO4.2Na/c1-3-10(2)11-4-6-12(7-5-11)15(8-13(16)17)9-14(18)19;;/h4-7,10H,3,8-9H2,1-2H3,(H,16,17)(H,18,19);;/q;2*+1/p-2. The Morgan fingerprint density at radius 3 is 1.81 bits per heavy atom. The molecule has 0 heterocycles. The Morgan fingerprint density at radius 2 is 1.48 bits per heavy atom. The van der Waals surface area contributed by atoms with Crippen LogP contribution in [0, 0.1) is 0 Å². The van der Waals surface area contributed by atoms with Crippen LogP contribution in [-0.2, 0) is 9.59 Å². The van der Waals surface area contributed by atoms with Crippen LogP contribution in [0.3, 0.4) is 0 Å². The Labute approximate surface area is 169 Å². The fourth-order valence-electron chi connectivity index (χ4n) is 1.80. The van der Waals surface area contributed by atoms with Crippen LogP contribution in [0.25, 0.3) is 0 Å². The number of anilines is 1. The van der Waals surface area contributed by atoms with Crippen LogP contribution < -0.4 is 74.2 Å². The van der Waals surface area contributed by atoms with E-state index in [-0.39, 0.29) is 59.1 Å². The number of carboxylic acid groups (broad SMARTS) is 2. The molecule has 7 heteroatoms. The van der Waals surface area contributed by atoms with Gasteiger partial charge in [0.2, 0.25) is 0 Å². The summed E-state index contributed by atoms with van der Waals surface area (Å²) in [6.45, 7) is 3.22. The summed E-state index contributed by atoms with van der Waals surface area (Å²) in [5.74, 6) is -2.25. The van der Waals surface area contributed by atoms with Crippen molar-refractivity contribution in [1.29, 1.82) is 0 Å². The van der Waals surface area contributed by atoms with Gasteiger partial charge < -0.3 is 24.7 Å². The van der Waals surface area contributed by atoms with Gasteiger partial charge in [-0.2, -0.15) is 0 Å². The Balaban J connectivity index is 0. The minimum atomic E-state index is -1.33. The van der Waals surface area contributed by atoms with E-state index in [1.54, 1.807) is 12.1 Å². The molecule has 0 spiro atoms. The summed E-state index contributed by atoms with van der Waals surface area (Å²) in [4.78, 5) is 22.4. The molecule has 1 aromatic carbocycles. The van der Waals surface area contributed by atoms with E-state index < -0.39 is 25.0 Å². The second-order valence-electron chi connectivity index (χ2n) is 4.50. The second kappa shape index (κ2) is 11.5. The number of aliphatic carboxylic acids is 2. The van der Waals surface area contributed by atoms with E-state index >= 15 is 0 Å². The number of hydrogen-bond acceptors (Lipinski definition) is 5. The Bertz CT molecular complexity index is 435. The van der Waals surface area contributed by atoms with Gasteiger partial charge in [0.05, 0.1) is 25.0 Å². The predicted octanol–water partition coefficient (Wildman–Crippen LogP) is -6.49. The number of nitrogens with zero attached hydrogens (tertiary/aromatic N) is 1. The van der Waals surface area contributed by atoms with Crippen molar-refractivity contribution in [3.63, 3.8) is 0 Å². The van der Waals surface area contributed by atoms with Crippen LogP contribution in [0.4, 0.5) is 5.69 Å². The molecule has 0 aliphatic rings. The largest absolute Gasteiger partial charge is 1.00 e. The van der Waals surface area contributed by atoms with E-state index in [1.807, 2.05) is 12.1 Å². The first-order valence-electron chi connectivity index (χ1n) is 6.18. The number of rotatable bonds is 7. The molecule has 1 unspecified atom stereocenters. The Kier molecular flexibility index (Phi) is 12.7. The molecule has 1 rings (SSSR count). The molecule has 0 N–H and O–H groups in total. The Hall–Kier alpha value is -0.0400. The topological polar surface area (TPSA) is 83.5 Å². The third-order valence-electron chi connectivity index (χ3n) is 3.08. The molecular formula is C14H17NNa2O4. The first-order valence-corrected chi connectivity index (χ1v) is 6.18. The fourth-order valence-corrected chi connectivity index (χ4v) is 1.80. The summed E-state index contributed by atoms with van der Waals surface area (Å²) < 4.78 is 0. The Morgan fingerprint density at radius 1 is 1.05 bits per heavy atom. The molecule has 1 atom stereocenters. The van der Waals surface area contributed by atoms with Gasteiger partial charge in [-0.25, -0.2) is 0 Å². The van der Waals surface area contributed by atoms with Gasteiger partial charge in [-0.15, -0.1) is 0 Å². The van der Waals surface area contributed by atoms with Gasteiger partial charge >= 0.3 is 59.1 Å². The smallest absolute Gasteiger partial charge is 0.548 e. The molecule has 0 bridgehead atoms. The molecule has 21 heavy (non-hydrogen) atoms. The van der Waals surface area contributed by atoms with Gasteiger partial charge in [0.15, 0.2) is 0 Å². The minimum absolute atomic E-state index is 0. The van der Waals surface area contributed by atoms with E-state index in [1.165, 1.54) is 4.90 Å². The molecule has 0 aliphatic carbocycles. The zero-order valence-electron chi connectivity index (χ0n) is 13.1. The molecule has 104 valence electrons. The van der Waals surface area contributed by atoms with E-state index in [4.69, 9.17) is 0 Å². The summed E-state index contributed by atoms with van der Waals surface area (Å²) in [5, 5.41) is 21.2. The molecule has 0 amide bonds. The van der Waals surface area contributed by atoms with Crippen LogP contribution in [-0.4, -0.2) is 25.0 Å². The molecule has 0 aliphatic heterocycles. The van der Waals surface area contributed by atoms with Crippen LogP contribution in [0.5, 0.6) is 0 Å². The fraction of sp³-hybridized carbons (Fsp3) is 0.429. The van der Waals surface area contributed by atoms with Crippen molar-refractivity contribution < 1.29 is 78.9 Å². The van der Waals surface area contributed by atoms with Gasteiger partial charge in [0, 0.05) is 5.69 Å².